The number of aryl methyl sites for hydroxylation is 1. The molecule has 0 spiro atoms. The van der Waals surface area contributed by atoms with Crippen molar-refractivity contribution in [3.63, 3.8) is 0 Å². The Labute approximate surface area is 69.4 Å². The minimum atomic E-state index is -0.882. The SMILES string of the molecule is C[n+]1ccc2n1CCN2C(=O)O. The molecule has 1 aliphatic heterocycles. The van der Waals surface area contributed by atoms with Gasteiger partial charge < -0.3 is 5.11 Å². The van der Waals surface area contributed by atoms with E-state index >= 15 is 0 Å². The molecule has 5 nitrogen and oxygen atoms in total. The average molecular weight is 168 g/mol. The fourth-order valence-corrected chi connectivity index (χ4v) is 1.51. The molecule has 0 bridgehead atoms. The summed E-state index contributed by atoms with van der Waals surface area (Å²) in [4.78, 5) is 12.0. The topological polar surface area (TPSA) is 49.3 Å². The molecular weight excluding hydrogens is 158 g/mol. The van der Waals surface area contributed by atoms with Gasteiger partial charge in [-0.3, -0.25) is 4.90 Å². The zero-order valence-corrected chi connectivity index (χ0v) is 6.77. The van der Waals surface area contributed by atoms with Crippen LogP contribution in [0.15, 0.2) is 12.3 Å². The van der Waals surface area contributed by atoms with E-state index in [2.05, 4.69) is 0 Å². The quantitative estimate of drug-likeness (QED) is 0.546. The molecule has 1 N–H and O–H groups in total. The van der Waals surface area contributed by atoms with Gasteiger partial charge in [0.05, 0.1) is 19.2 Å². The number of anilines is 1. The first-order valence-corrected chi connectivity index (χ1v) is 3.76. The second-order valence-electron chi connectivity index (χ2n) is 2.80. The fourth-order valence-electron chi connectivity index (χ4n) is 1.51. The molecule has 12 heavy (non-hydrogen) atoms. The normalized spacial score (nSPS) is 14.9. The Morgan fingerprint density at radius 3 is 3.08 bits per heavy atom. The first-order chi connectivity index (χ1) is 5.70. The number of rotatable bonds is 0. The molecule has 0 unspecified atom stereocenters. The van der Waals surface area contributed by atoms with E-state index in [9.17, 15) is 4.79 Å². The van der Waals surface area contributed by atoms with Crippen LogP contribution in [0.3, 0.4) is 0 Å². The molecule has 5 heteroatoms. The standard InChI is InChI=1S/C7H9N3O2/c1-8-3-2-6-9(7(11)12)4-5-10(6)8/h2-3H,4-5H2,1H3/p+1. The Kier molecular flexibility index (Phi) is 1.33. The molecule has 0 aromatic carbocycles. The molecule has 0 aliphatic carbocycles. The van der Waals surface area contributed by atoms with Crippen LogP contribution in [0.25, 0.3) is 0 Å². The molecule has 0 radical (unpaired) electrons. The van der Waals surface area contributed by atoms with Crippen molar-refractivity contribution in [2.75, 3.05) is 11.4 Å². The van der Waals surface area contributed by atoms with Crippen molar-refractivity contribution in [1.29, 1.82) is 0 Å². The molecule has 0 saturated heterocycles. The van der Waals surface area contributed by atoms with E-state index < -0.39 is 6.09 Å². The molecule has 1 aromatic rings. The third kappa shape index (κ3) is 0.792. The van der Waals surface area contributed by atoms with Gasteiger partial charge in [-0.15, -0.1) is 9.36 Å². The van der Waals surface area contributed by atoms with Gasteiger partial charge in [0.25, 0.3) is 0 Å². The lowest BCUT2D eigenvalue weighted by molar-refractivity contribution is -0.751. The molecule has 0 atom stereocenters. The van der Waals surface area contributed by atoms with E-state index in [1.165, 1.54) is 4.90 Å². The van der Waals surface area contributed by atoms with Crippen LogP contribution >= 0.6 is 0 Å². The molecular formula is C7H10N3O2+. The third-order valence-corrected chi connectivity index (χ3v) is 2.13. The second kappa shape index (κ2) is 2.23. The lowest BCUT2D eigenvalue weighted by atomic mass is 10.5. The van der Waals surface area contributed by atoms with Crippen molar-refractivity contribution in [2.24, 2.45) is 7.05 Å². The maximum atomic E-state index is 10.7. The van der Waals surface area contributed by atoms with Gasteiger partial charge >= 0.3 is 6.09 Å². The van der Waals surface area contributed by atoms with Crippen LogP contribution < -0.4 is 9.58 Å². The van der Waals surface area contributed by atoms with Crippen LogP contribution in [-0.2, 0) is 13.6 Å². The number of carboxylic acid groups (broad SMARTS) is 1. The van der Waals surface area contributed by atoms with Crippen molar-refractivity contribution >= 4 is 11.9 Å². The number of amides is 1. The third-order valence-electron chi connectivity index (χ3n) is 2.13. The van der Waals surface area contributed by atoms with E-state index in [1.54, 1.807) is 6.07 Å². The first-order valence-electron chi connectivity index (χ1n) is 3.76. The summed E-state index contributed by atoms with van der Waals surface area (Å²) in [6, 6.07) is 1.81. The van der Waals surface area contributed by atoms with E-state index in [0.717, 1.165) is 12.4 Å². The van der Waals surface area contributed by atoms with Gasteiger partial charge in [-0.05, 0) is 0 Å². The maximum absolute atomic E-state index is 10.7. The number of fused-ring (bicyclic) bond motifs is 1. The van der Waals surface area contributed by atoms with Crippen LogP contribution in [0.2, 0.25) is 0 Å². The van der Waals surface area contributed by atoms with Crippen LogP contribution in [0.4, 0.5) is 10.6 Å². The summed E-state index contributed by atoms with van der Waals surface area (Å²) in [7, 11) is 1.90. The highest BCUT2D eigenvalue weighted by molar-refractivity contribution is 5.85. The van der Waals surface area contributed by atoms with Gasteiger partial charge in [0, 0.05) is 0 Å². The van der Waals surface area contributed by atoms with Crippen molar-refractivity contribution in [1.82, 2.24) is 4.68 Å². The number of aromatic nitrogens is 2. The lowest BCUT2D eigenvalue weighted by Crippen LogP contribution is -2.37. The molecule has 2 heterocycles. The smallest absolute Gasteiger partial charge is 0.413 e. The van der Waals surface area contributed by atoms with E-state index in [4.69, 9.17) is 5.11 Å². The van der Waals surface area contributed by atoms with E-state index in [-0.39, 0.29) is 0 Å². The van der Waals surface area contributed by atoms with Gasteiger partial charge in [-0.1, -0.05) is 0 Å². The summed E-state index contributed by atoms with van der Waals surface area (Å²) in [5.41, 5.74) is 0. The number of hydrogen-bond acceptors (Lipinski definition) is 1. The van der Waals surface area contributed by atoms with Gasteiger partial charge in [0.2, 0.25) is 0 Å². The van der Waals surface area contributed by atoms with Gasteiger partial charge in [0.15, 0.2) is 19.1 Å². The second-order valence-corrected chi connectivity index (χ2v) is 2.80. The highest BCUT2D eigenvalue weighted by Gasteiger charge is 2.29. The number of hydrogen-bond donors (Lipinski definition) is 1. The predicted octanol–water partition coefficient (Wildman–Crippen LogP) is -0.189. The Bertz CT molecular complexity index is 331. The van der Waals surface area contributed by atoms with Gasteiger partial charge in [-0.25, -0.2) is 4.79 Å². The summed E-state index contributed by atoms with van der Waals surface area (Å²) in [5.74, 6) is 0.755. The summed E-state index contributed by atoms with van der Waals surface area (Å²) in [6.07, 6.45) is 0.970. The van der Waals surface area contributed by atoms with Crippen molar-refractivity contribution in [3.8, 4) is 0 Å². The molecule has 1 aliphatic rings. The highest BCUT2D eigenvalue weighted by Crippen LogP contribution is 2.18. The number of nitrogens with zero attached hydrogens (tertiary/aromatic N) is 3. The molecule has 0 fully saturated rings. The highest BCUT2D eigenvalue weighted by atomic mass is 16.4. The number of carbonyl (C=O) groups is 1. The van der Waals surface area contributed by atoms with Crippen molar-refractivity contribution in [2.45, 2.75) is 6.54 Å². The minimum absolute atomic E-state index is 0.555. The lowest BCUT2D eigenvalue weighted by Gasteiger charge is -2.06. The first kappa shape index (κ1) is 7.15. The van der Waals surface area contributed by atoms with Gasteiger partial charge in [-0.2, -0.15) is 0 Å². The molecule has 64 valence electrons. The summed E-state index contributed by atoms with van der Waals surface area (Å²) in [6.45, 7) is 1.30. The zero-order valence-electron chi connectivity index (χ0n) is 6.77. The molecule has 0 saturated carbocycles. The van der Waals surface area contributed by atoms with E-state index in [0.29, 0.717) is 6.54 Å². The molecule has 1 amide bonds. The monoisotopic (exact) mass is 168 g/mol. The summed E-state index contributed by atoms with van der Waals surface area (Å²) in [5, 5.41) is 8.77. The van der Waals surface area contributed by atoms with Crippen molar-refractivity contribution < 1.29 is 14.6 Å². The van der Waals surface area contributed by atoms with Crippen LogP contribution in [0, 0.1) is 0 Å². The largest absolute Gasteiger partial charge is 0.465 e. The Hall–Kier alpha value is -1.52. The van der Waals surface area contributed by atoms with Crippen LogP contribution in [0.5, 0.6) is 0 Å². The Morgan fingerprint density at radius 1 is 1.67 bits per heavy atom. The summed E-state index contributed by atoms with van der Waals surface area (Å²) < 4.78 is 3.81. The van der Waals surface area contributed by atoms with Crippen LogP contribution in [-0.4, -0.2) is 22.4 Å². The Balaban J connectivity index is 2.43. The molecule has 1 aromatic heterocycles. The van der Waals surface area contributed by atoms with Crippen LogP contribution in [0.1, 0.15) is 0 Å². The van der Waals surface area contributed by atoms with Crippen molar-refractivity contribution in [3.05, 3.63) is 12.3 Å². The van der Waals surface area contributed by atoms with E-state index in [1.807, 2.05) is 22.6 Å². The zero-order chi connectivity index (χ0) is 8.72. The average Bonchev–Trinajstić information content (AvgIpc) is 2.53. The van der Waals surface area contributed by atoms with Gasteiger partial charge in [0.1, 0.15) is 0 Å². The summed E-state index contributed by atoms with van der Waals surface area (Å²) >= 11 is 0. The fraction of sp³-hybridized carbons (Fsp3) is 0.429. The molecule has 2 rings (SSSR count). The minimum Gasteiger partial charge on any atom is -0.465 e. The Morgan fingerprint density at radius 2 is 2.42 bits per heavy atom. The predicted molar refractivity (Wildman–Crippen MR) is 41.0 cm³/mol. The maximum Gasteiger partial charge on any atom is 0.413 e.